The minimum atomic E-state index is -1.77. The quantitative estimate of drug-likeness (QED) is 0.278. The van der Waals surface area contributed by atoms with Gasteiger partial charge in [0.2, 0.25) is 11.7 Å². The van der Waals surface area contributed by atoms with Gasteiger partial charge in [0.05, 0.1) is 19.6 Å². The van der Waals surface area contributed by atoms with Gasteiger partial charge in [-0.3, -0.25) is 19.2 Å². The molecule has 48 heavy (non-hydrogen) atoms. The summed E-state index contributed by atoms with van der Waals surface area (Å²) in [7, 11) is 1.24. The maximum absolute atomic E-state index is 13.6. The van der Waals surface area contributed by atoms with Crippen LogP contribution in [0.3, 0.4) is 0 Å². The fourth-order valence-corrected chi connectivity index (χ4v) is 9.83. The predicted molar refractivity (Wildman–Crippen MR) is 174 cm³/mol. The van der Waals surface area contributed by atoms with E-state index in [1.807, 2.05) is 31.2 Å². The number of aromatic amines is 1. The fourth-order valence-electron chi connectivity index (χ4n) is 9.83. The first kappa shape index (κ1) is 34.0. The molecule has 1 heterocycles. The number of amides is 1. The third-order valence-corrected chi connectivity index (χ3v) is 12.3. The molecule has 0 saturated heterocycles. The molecule has 0 unspecified atom stereocenters. The minimum absolute atomic E-state index is 0.00210. The summed E-state index contributed by atoms with van der Waals surface area (Å²) in [5.74, 6) is -2.36. The van der Waals surface area contributed by atoms with Gasteiger partial charge in [-0.05, 0) is 79.4 Å². The van der Waals surface area contributed by atoms with Crippen LogP contribution in [0.4, 0.5) is 0 Å². The van der Waals surface area contributed by atoms with Crippen molar-refractivity contribution in [3.05, 3.63) is 47.7 Å². The topological polar surface area (TPSA) is 172 Å². The van der Waals surface area contributed by atoms with Crippen molar-refractivity contribution in [2.24, 2.45) is 28.6 Å². The van der Waals surface area contributed by atoms with Gasteiger partial charge in [-0.2, -0.15) is 0 Å². The summed E-state index contributed by atoms with van der Waals surface area (Å²) in [5, 5.41) is 27.1. The van der Waals surface area contributed by atoms with E-state index in [0.717, 1.165) is 34.9 Å². The van der Waals surface area contributed by atoms with E-state index in [-0.39, 0.29) is 61.1 Å². The van der Waals surface area contributed by atoms with Crippen molar-refractivity contribution in [1.29, 1.82) is 0 Å². The SMILES string of the molecule is COC(=O)[C@H](Cc1c[nH]c2ccccc12)NC(=O)CCC(=O)OCC(=O)[C@@]1(O)CC[C@@H]2[C@@H]3CCC4=CC(=O)CC[C@]4(C)[C@H]3[C@H](O)C[C@@]21C. The molecule has 258 valence electrons. The average molecular weight is 663 g/mol. The molecule has 0 spiro atoms. The Morgan fingerprint density at radius 1 is 1.08 bits per heavy atom. The molecular weight excluding hydrogens is 616 g/mol. The number of H-pyrrole nitrogens is 1. The van der Waals surface area contributed by atoms with Crippen LogP contribution in [-0.4, -0.2) is 76.1 Å². The molecular formula is C37H46N2O9. The van der Waals surface area contributed by atoms with Crippen molar-refractivity contribution < 1.29 is 43.7 Å². The van der Waals surface area contributed by atoms with Gasteiger partial charge in [-0.25, -0.2) is 4.79 Å². The molecule has 3 saturated carbocycles. The maximum Gasteiger partial charge on any atom is 0.328 e. The van der Waals surface area contributed by atoms with Gasteiger partial charge < -0.3 is 30.0 Å². The number of benzene rings is 1. The van der Waals surface area contributed by atoms with Gasteiger partial charge in [0.25, 0.3) is 0 Å². The van der Waals surface area contributed by atoms with Gasteiger partial charge in [-0.15, -0.1) is 0 Å². The first-order chi connectivity index (χ1) is 22.8. The number of aliphatic hydroxyl groups excluding tert-OH is 1. The summed E-state index contributed by atoms with van der Waals surface area (Å²) in [5.41, 5.74) is -0.109. The zero-order valence-electron chi connectivity index (χ0n) is 27.9. The van der Waals surface area contributed by atoms with Crippen molar-refractivity contribution in [3.8, 4) is 0 Å². The first-order valence-corrected chi connectivity index (χ1v) is 17.1. The van der Waals surface area contributed by atoms with Crippen LogP contribution >= 0.6 is 0 Å². The van der Waals surface area contributed by atoms with Crippen LogP contribution in [0.15, 0.2) is 42.1 Å². The van der Waals surface area contributed by atoms with E-state index in [1.165, 1.54) is 7.11 Å². The van der Waals surface area contributed by atoms with Crippen LogP contribution in [0.2, 0.25) is 0 Å². The van der Waals surface area contributed by atoms with Gasteiger partial charge in [0.1, 0.15) is 11.6 Å². The van der Waals surface area contributed by atoms with E-state index >= 15 is 0 Å². The van der Waals surface area contributed by atoms with E-state index in [1.54, 1.807) is 12.3 Å². The maximum atomic E-state index is 13.6. The number of ketones is 2. The lowest BCUT2D eigenvalue weighted by atomic mass is 9.45. The van der Waals surface area contributed by atoms with Crippen LogP contribution in [0.25, 0.3) is 10.9 Å². The zero-order valence-corrected chi connectivity index (χ0v) is 27.9. The van der Waals surface area contributed by atoms with Crippen molar-refractivity contribution in [1.82, 2.24) is 10.3 Å². The van der Waals surface area contributed by atoms with Crippen LogP contribution in [0, 0.1) is 28.6 Å². The number of allylic oxidation sites excluding steroid dienone is 1. The Morgan fingerprint density at radius 3 is 2.62 bits per heavy atom. The number of hydrogen-bond acceptors (Lipinski definition) is 9. The van der Waals surface area contributed by atoms with E-state index in [9.17, 15) is 34.2 Å². The second kappa shape index (κ2) is 12.9. The monoisotopic (exact) mass is 662 g/mol. The van der Waals surface area contributed by atoms with Crippen molar-refractivity contribution >= 4 is 40.3 Å². The Labute approximate surface area is 279 Å². The Bertz CT molecular complexity index is 1660. The summed E-state index contributed by atoms with van der Waals surface area (Å²) < 4.78 is 10.2. The highest BCUT2D eigenvalue weighted by atomic mass is 16.5. The first-order valence-electron chi connectivity index (χ1n) is 17.1. The van der Waals surface area contributed by atoms with E-state index < -0.39 is 53.4 Å². The lowest BCUT2D eigenvalue weighted by Crippen LogP contribution is -2.62. The van der Waals surface area contributed by atoms with Crippen molar-refractivity contribution in [2.75, 3.05) is 13.7 Å². The number of hydrogen-bond donors (Lipinski definition) is 4. The lowest BCUT2D eigenvalue weighted by molar-refractivity contribution is -0.184. The molecule has 11 nitrogen and oxygen atoms in total. The highest BCUT2D eigenvalue weighted by Gasteiger charge is 2.68. The number of rotatable bonds is 10. The molecule has 1 amide bonds. The molecule has 4 aliphatic rings. The van der Waals surface area contributed by atoms with E-state index in [0.29, 0.717) is 19.3 Å². The Balaban J connectivity index is 1.04. The largest absolute Gasteiger partial charge is 0.467 e. The lowest BCUT2D eigenvalue weighted by Gasteiger charge is -2.60. The number of ether oxygens (including phenoxy) is 2. The number of aromatic nitrogens is 1. The van der Waals surface area contributed by atoms with Crippen LogP contribution in [0.1, 0.15) is 77.2 Å². The highest BCUT2D eigenvalue weighted by Crippen LogP contribution is 2.67. The molecule has 11 heteroatoms. The number of aliphatic hydroxyl groups is 2. The number of esters is 2. The zero-order chi connectivity index (χ0) is 34.4. The second-order valence-electron chi connectivity index (χ2n) is 14.8. The highest BCUT2D eigenvalue weighted by molar-refractivity contribution is 5.93. The molecule has 1 aromatic heterocycles. The van der Waals surface area contributed by atoms with E-state index in [4.69, 9.17) is 9.47 Å². The fraction of sp³-hybridized carbons (Fsp3) is 0.595. The molecule has 4 aliphatic carbocycles. The molecule has 1 aromatic carbocycles. The van der Waals surface area contributed by atoms with E-state index in [2.05, 4.69) is 17.2 Å². The standard InChI is InChI=1S/C37H46N2O9/c1-35-14-12-23(40)17-22(35)8-9-25-26-13-15-37(46,36(26,2)18-29(41)33(25)35)30(42)20-48-32(44)11-10-31(43)39-28(34(45)47-3)16-21-19-38-27-7-5-4-6-24(21)27/h4-7,17,19,25-26,28-29,33,38,41,46H,8-16,18,20H2,1-3H3,(H,39,43)/t25-,26+,28-,29+,33+,35-,36-,37-/m0/s1. The number of Topliss-reactive ketones (excluding diaryl/α,β-unsaturated/α-hetero) is 1. The number of para-hydroxylation sites is 1. The summed E-state index contributed by atoms with van der Waals surface area (Å²) in [6, 6.07) is 6.62. The second-order valence-corrected chi connectivity index (χ2v) is 14.8. The van der Waals surface area contributed by atoms with Crippen LogP contribution in [0.5, 0.6) is 0 Å². The number of carbonyl (C=O) groups excluding carboxylic acids is 5. The Kier molecular flexibility index (Phi) is 9.14. The number of methoxy groups -OCH3 is 1. The average Bonchev–Trinajstić information content (AvgIpc) is 3.59. The molecule has 3 fully saturated rings. The van der Waals surface area contributed by atoms with Gasteiger partial charge in [0.15, 0.2) is 12.4 Å². The summed E-state index contributed by atoms with van der Waals surface area (Å²) in [4.78, 5) is 66.7. The summed E-state index contributed by atoms with van der Waals surface area (Å²) in [6.45, 7) is 3.39. The molecule has 8 atom stereocenters. The smallest absolute Gasteiger partial charge is 0.328 e. The van der Waals surface area contributed by atoms with Gasteiger partial charge >= 0.3 is 11.9 Å². The third kappa shape index (κ3) is 5.78. The number of carbonyl (C=O) groups is 5. The normalized spacial score (nSPS) is 33.1. The minimum Gasteiger partial charge on any atom is -0.467 e. The molecule has 4 N–H and O–H groups in total. The van der Waals surface area contributed by atoms with Crippen molar-refractivity contribution in [3.63, 3.8) is 0 Å². The van der Waals surface area contributed by atoms with Gasteiger partial charge in [0, 0.05) is 41.8 Å². The Morgan fingerprint density at radius 2 is 1.85 bits per heavy atom. The number of fused-ring (bicyclic) bond motifs is 6. The number of nitrogens with one attached hydrogen (secondary N) is 2. The van der Waals surface area contributed by atoms with Crippen LogP contribution in [-0.2, 0) is 39.9 Å². The van der Waals surface area contributed by atoms with Crippen molar-refractivity contribution in [2.45, 2.75) is 95.8 Å². The van der Waals surface area contributed by atoms with Gasteiger partial charge in [-0.1, -0.05) is 37.6 Å². The molecule has 6 rings (SSSR count). The predicted octanol–water partition coefficient (Wildman–Crippen LogP) is 3.49. The summed E-state index contributed by atoms with van der Waals surface area (Å²) >= 11 is 0. The molecule has 0 radical (unpaired) electrons. The summed E-state index contributed by atoms with van der Waals surface area (Å²) in [6.07, 6.45) is 6.19. The Hall–Kier alpha value is -3.83. The molecule has 0 aliphatic heterocycles. The third-order valence-electron chi connectivity index (χ3n) is 12.3. The molecule has 0 bridgehead atoms. The molecule has 2 aromatic rings. The van der Waals surface area contributed by atoms with Crippen LogP contribution < -0.4 is 5.32 Å².